The maximum absolute atomic E-state index is 10.7. The van der Waals surface area contributed by atoms with Crippen LogP contribution in [0, 0.1) is 0 Å². The third kappa shape index (κ3) is 4.34. The molecule has 0 bridgehead atoms. The topological polar surface area (TPSA) is 61.5 Å². The van der Waals surface area contributed by atoms with Gasteiger partial charge in [0.1, 0.15) is 0 Å². The summed E-state index contributed by atoms with van der Waals surface area (Å²) in [5, 5.41) is 0. The molecule has 1 rings (SSSR count). The molecule has 0 aliphatic heterocycles. The van der Waals surface area contributed by atoms with Crippen LogP contribution in [0.1, 0.15) is 25.3 Å². The number of primary amides is 1. The maximum atomic E-state index is 10.7. The minimum absolute atomic E-state index is 0.296. The molecule has 0 saturated carbocycles. The highest BCUT2D eigenvalue weighted by Gasteiger charge is 2.06. The van der Waals surface area contributed by atoms with E-state index in [-0.39, 0.29) is 5.91 Å². The quantitative estimate of drug-likeness (QED) is 0.787. The fourth-order valence-corrected chi connectivity index (χ4v) is 1.47. The predicted octanol–water partition coefficient (Wildman–Crippen LogP) is 1.90. The minimum Gasteiger partial charge on any atom is -0.493 e. The predicted molar refractivity (Wildman–Crippen MR) is 66.3 cm³/mol. The Morgan fingerprint density at radius 1 is 1.35 bits per heavy atom. The van der Waals surface area contributed by atoms with E-state index in [1.165, 1.54) is 0 Å². The smallest absolute Gasteiger partial charge is 0.217 e. The van der Waals surface area contributed by atoms with E-state index in [0.29, 0.717) is 25.2 Å². The maximum Gasteiger partial charge on any atom is 0.217 e. The van der Waals surface area contributed by atoms with E-state index in [4.69, 9.17) is 15.2 Å². The van der Waals surface area contributed by atoms with Gasteiger partial charge in [-0.2, -0.15) is 0 Å². The van der Waals surface area contributed by atoms with Crippen LogP contribution in [0.25, 0.3) is 0 Å². The first-order valence-electron chi connectivity index (χ1n) is 5.75. The van der Waals surface area contributed by atoms with Gasteiger partial charge in [0, 0.05) is 6.42 Å². The van der Waals surface area contributed by atoms with Crippen molar-refractivity contribution in [3.63, 3.8) is 0 Å². The summed E-state index contributed by atoms with van der Waals surface area (Å²) in [6, 6.07) is 5.68. The molecule has 0 saturated heterocycles. The first-order chi connectivity index (χ1) is 8.17. The molecule has 1 amide bonds. The third-order valence-corrected chi connectivity index (χ3v) is 2.35. The van der Waals surface area contributed by atoms with Gasteiger partial charge in [-0.05, 0) is 30.5 Å². The first-order valence-corrected chi connectivity index (χ1v) is 5.75. The third-order valence-electron chi connectivity index (χ3n) is 2.35. The Morgan fingerprint density at radius 3 is 2.71 bits per heavy atom. The van der Waals surface area contributed by atoms with E-state index in [9.17, 15) is 4.79 Å². The molecule has 0 heterocycles. The molecule has 0 atom stereocenters. The summed E-state index contributed by atoms with van der Waals surface area (Å²) < 4.78 is 10.8. The summed E-state index contributed by atoms with van der Waals surface area (Å²) >= 11 is 0. The summed E-state index contributed by atoms with van der Waals surface area (Å²) in [6.07, 6.45) is 1.92. The van der Waals surface area contributed by atoms with Gasteiger partial charge in [0.05, 0.1) is 13.7 Å². The molecule has 17 heavy (non-hydrogen) atoms. The summed E-state index contributed by atoms with van der Waals surface area (Å²) in [7, 11) is 1.60. The largest absolute Gasteiger partial charge is 0.493 e. The summed E-state index contributed by atoms with van der Waals surface area (Å²) in [6.45, 7) is 2.71. The minimum atomic E-state index is -0.296. The van der Waals surface area contributed by atoms with E-state index < -0.39 is 0 Å². The number of carbonyl (C=O) groups excluding carboxylic acids is 1. The average Bonchev–Trinajstić information content (AvgIpc) is 2.34. The first kappa shape index (κ1) is 13.4. The van der Waals surface area contributed by atoms with E-state index in [0.717, 1.165) is 17.7 Å². The van der Waals surface area contributed by atoms with E-state index in [1.807, 2.05) is 25.1 Å². The molecule has 0 aromatic heterocycles. The van der Waals surface area contributed by atoms with Crippen molar-refractivity contribution in [3.05, 3.63) is 23.8 Å². The zero-order valence-electron chi connectivity index (χ0n) is 10.4. The molecule has 0 aliphatic rings. The number of rotatable bonds is 7. The lowest BCUT2D eigenvalue weighted by molar-refractivity contribution is -0.117. The van der Waals surface area contributed by atoms with Crippen LogP contribution in [0.4, 0.5) is 0 Å². The molecule has 1 aromatic carbocycles. The average molecular weight is 237 g/mol. The van der Waals surface area contributed by atoms with Crippen molar-refractivity contribution in [2.24, 2.45) is 5.73 Å². The van der Waals surface area contributed by atoms with Gasteiger partial charge in [-0.15, -0.1) is 0 Å². The Hall–Kier alpha value is -1.71. The molecule has 0 radical (unpaired) electrons. The van der Waals surface area contributed by atoms with Crippen molar-refractivity contribution in [2.45, 2.75) is 26.2 Å². The van der Waals surface area contributed by atoms with E-state index in [2.05, 4.69) is 0 Å². The monoisotopic (exact) mass is 237 g/mol. The molecule has 2 N–H and O–H groups in total. The molecule has 4 heteroatoms. The van der Waals surface area contributed by atoms with Crippen LogP contribution in [0.2, 0.25) is 0 Å². The van der Waals surface area contributed by atoms with Crippen LogP contribution in [-0.2, 0) is 11.2 Å². The number of ether oxygens (including phenoxy) is 2. The standard InChI is InChI=1S/C13H19NO3/c1-3-8-17-11-6-4-10(5-7-13(14)15)9-12(11)16-2/h4,6,9H,3,5,7-8H2,1-2H3,(H2,14,15). The zero-order valence-corrected chi connectivity index (χ0v) is 10.4. The molecule has 0 spiro atoms. The normalized spacial score (nSPS) is 10.0. The van der Waals surface area contributed by atoms with Gasteiger partial charge in [0.2, 0.25) is 5.91 Å². The van der Waals surface area contributed by atoms with Crippen molar-refractivity contribution in [2.75, 3.05) is 13.7 Å². The molecular weight excluding hydrogens is 218 g/mol. The van der Waals surface area contributed by atoms with Crippen molar-refractivity contribution in [1.29, 1.82) is 0 Å². The lowest BCUT2D eigenvalue weighted by Gasteiger charge is -2.11. The molecular formula is C13H19NO3. The Balaban J connectivity index is 2.73. The van der Waals surface area contributed by atoms with Crippen LogP contribution in [0.15, 0.2) is 18.2 Å². The number of methoxy groups -OCH3 is 1. The summed E-state index contributed by atoms with van der Waals surface area (Å²) in [5.74, 6) is 1.13. The van der Waals surface area contributed by atoms with Crippen LogP contribution >= 0.6 is 0 Å². The number of carbonyl (C=O) groups is 1. The van der Waals surface area contributed by atoms with Crippen molar-refractivity contribution in [3.8, 4) is 11.5 Å². The lowest BCUT2D eigenvalue weighted by Crippen LogP contribution is -2.11. The van der Waals surface area contributed by atoms with Gasteiger partial charge in [-0.3, -0.25) is 4.79 Å². The van der Waals surface area contributed by atoms with Crippen LogP contribution in [0.3, 0.4) is 0 Å². The van der Waals surface area contributed by atoms with Gasteiger partial charge in [-0.25, -0.2) is 0 Å². The Kier molecular flexibility index (Phi) is 5.33. The van der Waals surface area contributed by atoms with Crippen molar-refractivity contribution < 1.29 is 14.3 Å². The molecule has 0 aliphatic carbocycles. The fraction of sp³-hybridized carbons (Fsp3) is 0.462. The van der Waals surface area contributed by atoms with E-state index >= 15 is 0 Å². The van der Waals surface area contributed by atoms with Crippen molar-refractivity contribution in [1.82, 2.24) is 0 Å². The Labute approximate surface area is 102 Å². The zero-order chi connectivity index (χ0) is 12.7. The fourth-order valence-electron chi connectivity index (χ4n) is 1.47. The molecule has 0 unspecified atom stereocenters. The molecule has 4 nitrogen and oxygen atoms in total. The van der Waals surface area contributed by atoms with Crippen molar-refractivity contribution >= 4 is 5.91 Å². The van der Waals surface area contributed by atoms with Crippen LogP contribution in [-0.4, -0.2) is 19.6 Å². The highest BCUT2D eigenvalue weighted by molar-refractivity contribution is 5.74. The molecule has 94 valence electrons. The lowest BCUT2D eigenvalue weighted by atomic mass is 10.1. The molecule has 0 fully saturated rings. The Morgan fingerprint density at radius 2 is 2.12 bits per heavy atom. The van der Waals surface area contributed by atoms with Crippen LogP contribution in [0.5, 0.6) is 11.5 Å². The van der Waals surface area contributed by atoms with Gasteiger partial charge < -0.3 is 15.2 Å². The number of aryl methyl sites for hydroxylation is 1. The number of hydrogen-bond donors (Lipinski definition) is 1. The number of nitrogens with two attached hydrogens (primary N) is 1. The van der Waals surface area contributed by atoms with Crippen LogP contribution < -0.4 is 15.2 Å². The number of amides is 1. The van der Waals surface area contributed by atoms with Gasteiger partial charge >= 0.3 is 0 Å². The highest BCUT2D eigenvalue weighted by atomic mass is 16.5. The summed E-state index contributed by atoms with van der Waals surface area (Å²) in [5.41, 5.74) is 6.13. The molecule has 1 aromatic rings. The second kappa shape index (κ2) is 6.78. The Bertz CT molecular complexity index is 377. The van der Waals surface area contributed by atoms with Gasteiger partial charge in [0.15, 0.2) is 11.5 Å². The SMILES string of the molecule is CCCOc1ccc(CCC(N)=O)cc1OC. The number of benzene rings is 1. The second-order valence-electron chi connectivity index (χ2n) is 3.80. The van der Waals surface area contributed by atoms with E-state index in [1.54, 1.807) is 7.11 Å². The highest BCUT2D eigenvalue weighted by Crippen LogP contribution is 2.28. The van der Waals surface area contributed by atoms with Gasteiger partial charge in [-0.1, -0.05) is 13.0 Å². The summed E-state index contributed by atoms with van der Waals surface area (Å²) in [4.78, 5) is 10.7. The van der Waals surface area contributed by atoms with Gasteiger partial charge in [0.25, 0.3) is 0 Å². The second-order valence-corrected chi connectivity index (χ2v) is 3.80. The number of hydrogen-bond acceptors (Lipinski definition) is 3.